The highest BCUT2D eigenvalue weighted by atomic mass is 16.5. The van der Waals surface area contributed by atoms with Gasteiger partial charge < -0.3 is 15.8 Å². The number of nitrogen functional groups attached to an aromatic ring is 1. The quantitative estimate of drug-likeness (QED) is 0.774. The number of nitrogens with zero attached hydrogens (tertiary/aromatic N) is 1. The van der Waals surface area contributed by atoms with Crippen LogP contribution in [0, 0.1) is 0 Å². The molecule has 3 N–H and O–H groups in total. The SMILES string of the molecule is CCOC(C)CNC(=O)c1ncccc1N. The van der Waals surface area contributed by atoms with Gasteiger partial charge in [-0.05, 0) is 26.0 Å². The number of rotatable bonds is 5. The molecular formula is C11H17N3O2. The molecule has 0 radical (unpaired) electrons. The lowest BCUT2D eigenvalue weighted by molar-refractivity contribution is 0.0693. The first-order chi connectivity index (χ1) is 7.65. The normalized spacial score (nSPS) is 12.1. The number of pyridine rings is 1. The molecule has 0 saturated heterocycles. The van der Waals surface area contributed by atoms with Gasteiger partial charge in [0.2, 0.25) is 0 Å². The van der Waals surface area contributed by atoms with Crippen LogP contribution < -0.4 is 11.1 Å². The smallest absolute Gasteiger partial charge is 0.272 e. The fourth-order valence-corrected chi connectivity index (χ4v) is 1.27. The van der Waals surface area contributed by atoms with E-state index in [1.807, 2.05) is 13.8 Å². The molecule has 0 aliphatic carbocycles. The third kappa shape index (κ3) is 3.51. The lowest BCUT2D eigenvalue weighted by Crippen LogP contribution is -2.33. The molecule has 5 heteroatoms. The summed E-state index contributed by atoms with van der Waals surface area (Å²) in [5.41, 5.74) is 6.27. The number of carbonyl (C=O) groups is 1. The Bertz CT molecular complexity index is 355. The molecule has 1 unspecified atom stereocenters. The molecule has 5 nitrogen and oxygen atoms in total. The van der Waals surface area contributed by atoms with Gasteiger partial charge in [0.25, 0.3) is 5.91 Å². The number of nitrogens with two attached hydrogens (primary N) is 1. The Balaban J connectivity index is 2.50. The number of aromatic nitrogens is 1. The van der Waals surface area contributed by atoms with Gasteiger partial charge in [-0.25, -0.2) is 4.98 Å². The minimum Gasteiger partial charge on any atom is -0.397 e. The summed E-state index contributed by atoms with van der Waals surface area (Å²) in [5, 5.41) is 2.72. The Hall–Kier alpha value is -1.62. The zero-order valence-electron chi connectivity index (χ0n) is 9.56. The second kappa shape index (κ2) is 6.07. The largest absolute Gasteiger partial charge is 0.397 e. The molecular weight excluding hydrogens is 206 g/mol. The monoisotopic (exact) mass is 223 g/mol. The van der Waals surface area contributed by atoms with Gasteiger partial charge in [0, 0.05) is 19.3 Å². The molecule has 1 heterocycles. The highest BCUT2D eigenvalue weighted by Gasteiger charge is 2.11. The van der Waals surface area contributed by atoms with Crippen LogP contribution in [-0.2, 0) is 4.74 Å². The van der Waals surface area contributed by atoms with Gasteiger partial charge in [-0.2, -0.15) is 0 Å². The average Bonchev–Trinajstić information content (AvgIpc) is 2.27. The molecule has 1 rings (SSSR count). The number of hydrogen-bond donors (Lipinski definition) is 2. The van der Waals surface area contributed by atoms with Crippen LogP contribution in [0.3, 0.4) is 0 Å². The van der Waals surface area contributed by atoms with Gasteiger partial charge >= 0.3 is 0 Å². The highest BCUT2D eigenvalue weighted by Crippen LogP contribution is 2.06. The first-order valence-electron chi connectivity index (χ1n) is 5.25. The van der Waals surface area contributed by atoms with Crippen molar-refractivity contribution in [3.05, 3.63) is 24.0 Å². The topological polar surface area (TPSA) is 77.2 Å². The Morgan fingerprint density at radius 2 is 2.44 bits per heavy atom. The van der Waals surface area contributed by atoms with E-state index in [2.05, 4.69) is 10.3 Å². The van der Waals surface area contributed by atoms with Gasteiger partial charge in [0.15, 0.2) is 5.69 Å². The van der Waals surface area contributed by atoms with Crippen LogP contribution in [0.15, 0.2) is 18.3 Å². The van der Waals surface area contributed by atoms with Gasteiger partial charge in [0.1, 0.15) is 0 Å². The maximum absolute atomic E-state index is 11.7. The van der Waals surface area contributed by atoms with E-state index in [9.17, 15) is 4.79 Å². The molecule has 0 fully saturated rings. The van der Waals surface area contributed by atoms with Crippen molar-refractivity contribution < 1.29 is 9.53 Å². The summed E-state index contributed by atoms with van der Waals surface area (Å²) in [5.74, 6) is -0.273. The fraction of sp³-hybridized carbons (Fsp3) is 0.455. The minimum absolute atomic E-state index is 0.0149. The summed E-state index contributed by atoms with van der Waals surface area (Å²) in [6, 6.07) is 3.34. The third-order valence-electron chi connectivity index (χ3n) is 2.06. The zero-order valence-corrected chi connectivity index (χ0v) is 9.56. The number of carbonyl (C=O) groups excluding carboxylic acids is 1. The molecule has 1 amide bonds. The Morgan fingerprint density at radius 3 is 3.06 bits per heavy atom. The summed E-state index contributed by atoms with van der Waals surface area (Å²) >= 11 is 0. The van der Waals surface area contributed by atoms with E-state index in [4.69, 9.17) is 10.5 Å². The molecule has 0 aliphatic heterocycles. The van der Waals surface area contributed by atoms with Crippen LogP contribution in [-0.4, -0.2) is 30.1 Å². The highest BCUT2D eigenvalue weighted by molar-refractivity contribution is 5.96. The standard InChI is InChI=1S/C11H17N3O2/c1-3-16-8(2)7-14-11(15)10-9(12)5-4-6-13-10/h4-6,8H,3,7,12H2,1-2H3,(H,14,15). The van der Waals surface area contributed by atoms with Crippen molar-refractivity contribution in [2.24, 2.45) is 0 Å². The van der Waals surface area contributed by atoms with Crippen molar-refractivity contribution in [2.75, 3.05) is 18.9 Å². The average molecular weight is 223 g/mol. The summed E-state index contributed by atoms with van der Waals surface area (Å²) < 4.78 is 5.29. The predicted molar refractivity (Wildman–Crippen MR) is 62.1 cm³/mol. The van der Waals surface area contributed by atoms with Gasteiger partial charge in [-0.15, -0.1) is 0 Å². The first kappa shape index (κ1) is 12.4. The Morgan fingerprint density at radius 1 is 1.69 bits per heavy atom. The fourth-order valence-electron chi connectivity index (χ4n) is 1.27. The second-order valence-electron chi connectivity index (χ2n) is 3.42. The molecule has 1 atom stereocenters. The maximum Gasteiger partial charge on any atom is 0.272 e. The van der Waals surface area contributed by atoms with Crippen molar-refractivity contribution in [3.63, 3.8) is 0 Å². The molecule has 0 bridgehead atoms. The Kier molecular flexibility index (Phi) is 4.72. The van der Waals surface area contributed by atoms with Gasteiger partial charge in [-0.1, -0.05) is 0 Å². The number of hydrogen-bond acceptors (Lipinski definition) is 4. The lowest BCUT2D eigenvalue weighted by Gasteiger charge is -2.12. The summed E-state index contributed by atoms with van der Waals surface area (Å²) in [4.78, 5) is 15.6. The summed E-state index contributed by atoms with van der Waals surface area (Å²) in [6.07, 6.45) is 1.52. The van der Waals surface area contributed by atoms with Crippen LogP contribution in [0.5, 0.6) is 0 Å². The number of nitrogens with one attached hydrogen (secondary N) is 1. The van der Waals surface area contributed by atoms with Crippen molar-refractivity contribution >= 4 is 11.6 Å². The van der Waals surface area contributed by atoms with E-state index in [-0.39, 0.29) is 17.7 Å². The van der Waals surface area contributed by atoms with E-state index in [1.165, 1.54) is 6.20 Å². The lowest BCUT2D eigenvalue weighted by atomic mass is 10.3. The van der Waals surface area contributed by atoms with Crippen LogP contribution >= 0.6 is 0 Å². The molecule has 1 aromatic heterocycles. The summed E-state index contributed by atoms with van der Waals surface area (Å²) in [7, 11) is 0. The van der Waals surface area contributed by atoms with Crippen LogP contribution in [0.4, 0.5) is 5.69 Å². The summed E-state index contributed by atoms with van der Waals surface area (Å²) in [6.45, 7) is 4.88. The number of ether oxygens (including phenoxy) is 1. The van der Waals surface area contributed by atoms with E-state index >= 15 is 0 Å². The van der Waals surface area contributed by atoms with Crippen LogP contribution in [0.1, 0.15) is 24.3 Å². The molecule has 0 spiro atoms. The minimum atomic E-state index is -0.273. The van der Waals surface area contributed by atoms with Crippen molar-refractivity contribution in [1.29, 1.82) is 0 Å². The first-order valence-corrected chi connectivity index (χ1v) is 5.25. The number of anilines is 1. The Labute approximate surface area is 95.0 Å². The van der Waals surface area contributed by atoms with Crippen molar-refractivity contribution in [3.8, 4) is 0 Å². The molecule has 0 saturated carbocycles. The van der Waals surface area contributed by atoms with E-state index in [0.717, 1.165) is 0 Å². The molecule has 0 aliphatic rings. The number of amides is 1. The van der Waals surface area contributed by atoms with Crippen molar-refractivity contribution in [1.82, 2.24) is 10.3 Å². The predicted octanol–water partition coefficient (Wildman–Crippen LogP) is 0.819. The van der Waals surface area contributed by atoms with Crippen LogP contribution in [0.2, 0.25) is 0 Å². The van der Waals surface area contributed by atoms with Gasteiger partial charge in [0.05, 0.1) is 11.8 Å². The molecule has 16 heavy (non-hydrogen) atoms. The molecule has 0 aromatic carbocycles. The third-order valence-corrected chi connectivity index (χ3v) is 2.06. The molecule has 1 aromatic rings. The van der Waals surface area contributed by atoms with Gasteiger partial charge in [-0.3, -0.25) is 4.79 Å². The second-order valence-corrected chi connectivity index (χ2v) is 3.42. The maximum atomic E-state index is 11.7. The zero-order chi connectivity index (χ0) is 12.0. The van der Waals surface area contributed by atoms with Crippen molar-refractivity contribution in [2.45, 2.75) is 20.0 Å². The van der Waals surface area contributed by atoms with E-state index in [1.54, 1.807) is 12.1 Å². The van der Waals surface area contributed by atoms with E-state index in [0.29, 0.717) is 18.8 Å². The van der Waals surface area contributed by atoms with E-state index < -0.39 is 0 Å². The molecule has 88 valence electrons. The van der Waals surface area contributed by atoms with Crippen LogP contribution in [0.25, 0.3) is 0 Å².